The predicted octanol–water partition coefficient (Wildman–Crippen LogP) is 3.34. The highest BCUT2D eigenvalue weighted by Gasteiger charge is 2.08. The zero-order chi connectivity index (χ0) is 16.2. The average molecular weight is 306 g/mol. The van der Waals surface area contributed by atoms with E-state index in [0.717, 1.165) is 22.2 Å². The summed E-state index contributed by atoms with van der Waals surface area (Å²) in [5.41, 5.74) is 2.51. The Morgan fingerprint density at radius 3 is 2.52 bits per heavy atom. The van der Waals surface area contributed by atoms with Crippen LogP contribution in [0.2, 0.25) is 0 Å². The number of nitrogens with one attached hydrogen (secondary N) is 1. The van der Waals surface area contributed by atoms with E-state index in [-0.39, 0.29) is 17.9 Å². The van der Waals surface area contributed by atoms with Crippen LogP contribution in [0.3, 0.4) is 0 Å². The van der Waals surface area contributed by atoms with Crippen molar-refractivity contribution in [2.45, 2.75) is 19.9 Å². The van der Waals surface area contributed by atoms with Crippen LogP contribution in [-0.4, -0.2) is 10.5 Å². The Morgan fingerprint density at radius 2 is 1.74 bits per heavy atom. The van der Waals surface area contributed by atoms with Gasteiger partial charge in [-0.25, -0.2) is 0 Å². The fourth-order valence-electron chi connectivity index (χ4n) is 2.69. The molecule has 4 nitrogen and oxygen atoms in total. The third-order valence-corrected chi connectivity index (χ3v) is 3.85. The lowest BCUT2D eigenvalue weighted by atomic mass is 10.1. The number of aromatic nitrogens is 1. The Hall–Kier alpha value is -2.88. The van der Waals surface area contributed by atoms with E-state index >= 15 is 0 Å². The molecule has 1 aromatic heterocycles. The SMILES string of the molecule is Cc1cc(=O)n(CCC(=O)Nc2ccccc2)c2ccccc12. The largest absolute Gasteiger partial charge is 0.326 e. The maximum atomic E-state index is 12.3. The van der Waals surface area contributed by atoms with E-state index in [1.165, 1.54) is 0 Å². The van der Waals surface area contributed by atoms with Crippen LogP contribution >= 0.6 is 0 Å². The van der Waals surface area contributed by atoms with Crippen LogP contribution in [-0.2, 0) is 11.3 Å². The van der Waals surface area contributed by atoms with Crippen LogP contribution in [0.1, 0.15) is 12.0 Å². The standard InChI is InChI=1S/C19H18N2O2/c1-14-13-19(23)21(17-10-6-5-9-16(14)17)12-11-18(22)20-15-7-3-2-4-8-15/h2-10,13H,11-12H2,1H3,(H,20,22). The molecule has 0 aliphatic carbocycles. The molecule has 23 heavy (non-hydrogen) atoms. The van der Waals surface area contributed by atoms with Crippen molar-refractivity contribution in [2.24, 2.45) is 0 Å². The molecular weight excluding hydrogens is 288 g/mol. The molecule has 1 N–H and O–H groups in total. The smallest absolute Gasteiger partial charge is 0.251 e. The lowest BCUT2D eigenvalue weighted by Crippen LogP contribution is -2.23. The number of hydrogen-bond donors (Lipinski definition) is 1. The second-order valence-electron chi connectivity index (χ2n) is 5.50. The molecule has 0 spiro atoms. The number of carbonyl (C=O) groups excluding carboxylic acids is 1. The van der Waals surface area contributed by atoms with E-state index in [2.05, 4.69) is 5.32 Å². The Balaban J connectivity index is 1.80. The van der Waals surface area contributed by atoms with Gasteiger partial charge in [-0.1, -0.05) is 36.4 Å². The fourth-order valence-corrected chi connectivity index (χ4v) is 2.69. The summed E-state index contributed by atoms with van der Waals surface area (Å²) in [7, 11) is 0. The predicted molar refractivity (Wildman–Crippen MR) is 92.6 cm³/mol. The maximum Gasteiger partial charge on any atom is 0.251 e. The highest BCUT2D eigenvalue weighted by atomic mass is 16.1. The Labute approximate surface area is 134 Å². The summed E-state index contributed by atoms with van der Waals surface area (Å²) < 4.78 is 1.66. The van der Waals surface area contributed by atoms with E-state index in [1.54, 1.807) is 10.6 Å². The zero-order valence-electron chi connectivity index (χ0n) is 13.0. The molecule has 0 unspecified atom stereocenters. The molecule has 3 rings (SSSR count). The van der Waals surface area contributed by atoms with Crippen molar-refractivity contribution < 1.29 is 4.79 Å². The molecule has 1 amide bonds. The van der Waals surface area contributed by atoms with Gasteiger partial charge >= 0.3 is 0 Å². The first-order valence-corrected chi connectivity index (χ1v) is 7.59. The molecule has 3 aromatic rings. The monoisotopic (exact) mass is 306 g/mol. The first-order chi connectivity index (χ1) is 11.1. The summed E-state index contributed by atoms with van der Waals surface area (Å²) in [6.45, 7) is 2.29. The molecule has 0 saturated carbocycles. The summed E-state index contributed by atoms with van der Waals surface area (Å²) in [6, 6.07) is 18.7. The number of aryl methyl sites for hydroxylation is 2. The quantitative estimate of drug-likeness (QED) is 0.803. The summed E-state index contributed by atoms with van der Waals surface area (Å²) >= 11 is 0. The molecule has 1 heterocycles. The lowest BCUT2D eigenvalue weighted by Gasteiger charge is -2.12. The van der Waals surface area contributed by atoms with E-state index in [4.69, 9.17) is 0 Å². The van der Waals surface area contributed by atoms with Crippen LogP contribution in [0.25, 0.3) is 10.9 Å². The molecule has 4 heteroatoms. The van der Waals surface area contributed by atoms with Gasteiger partial charge in [-0.15, -0.1) is 0 Å². The Kier molecular flexibility index (Phi) is 4.24. The topological polar surface area (TPSA) is 51.1 Å². The second-order valence-corrected chi connectivity index (χ2v) is 5.50. The molecule has 0 saturated heterocycles. The minimum atomic E-state index is -0.104. The van der Waals surface area contributed by atoms with Gasteiger partial charge in [-0.05, 0) is 30.7 Å². The summed E-state index contributed by atoms with van der Waals surface area (Å²) in [4.78, 5) is 24.3. The third-order valence-electron chi connectivity index (χ3n) is 3.85. The highest BCUT2D eigenvalue weighted by Crippen LogP contribution is 2.16. The molecule has 0 aliphatic rings. The van der Waals surface area contributed by atoms with Crippen molar-refractivity contribution in [1.82, 2.24) is 4.57 Å². The van der Waals surface area contributed by atoms with Gasteiger partial charge in [-0.3, -0.25) is 9.59 Å². The van der Waals surface area contributed by atoms with Crippen molar-refractivity contribution in [3.8, 4) is 0 Å². The van der Waals surface area contributed by atoms with Crippen LogP contribution < -0.4 is 10.9 Å². The number of nitrogens with zero attached hydrogens (tertiary/aromatic N) is 1. The summed E-state index contributed by atoms with van der Waals surface area (Å²) in [5, 5.41) is 3.87. The average Bonchev–Trinajstić information content (AvgIpc) is 2.55. The second kappa shape index (κ2) is 6.48. The first kappa shape index (κ1) is 15.0. The van der Waals surface area contributed by atoms with Gasteiger partial charge in [0.25, 0.3) is 5.56 Å². The number of fused-ring (bicyclic) bond motifs is 1. The zero-order valence-corrected chi connectivity index (χ0v) is 13.0. The van der Waals surface area contributed by atoms with Crippen LogP contribution in [0.4, 0.5) is 5.69 Å². The number of rotatable bonds is 4. The molecular formula is C19H18N2O2. The number of para-hydroxylation sites is 2. The summed E-state index contributed by atoms with van der Waals surface area (Å²) in [6.07, 6.45) is 0.252. The van der Waals surface area contributed by atoms with Crippen LogP contribution in [0.15, 0.2) is 65.5 Å². The molecule has 116 valence electrons. The van der Waals surface area contributed by atoms with Crippen LogP contribution in [0, 0.1) is 6.92 Å². The molecule has 0 atom stereocenters. The van der Waals surface area contributed by atoms with Gasteiger partial charge in [0.15, 0.2) is 0 Å². The normalized spacial score (nSPS) is 10.7. The molecule has 0 radical (unpaired) electrons. The summed E-state index contributed by atoms with van der Waals surface area (Å²) in [5.74, 6) is -0.104. The fraction of sp³-hybridized carbons (Fsp3) is 0.158. The maximum absolute atomic E-state index is 12.3. The highest BCUT2D eigenvalue weighted by molar-refractivity contribution is 5.90. The van der Waals surface area contributed by atoms with Gasteiger partial charge in [-0.2, -0.15) is 0 Å². The van der Waals surface area contributed by atoms with Crippen LogP contribution in [0.5, 0.6) is 0 Å². The molecule has 0 bridgehead atoms. The van der Waals surface area contributed by atoms with Gasteiger partial charge < -0.3 is 9.88 Å². The number of carbonyl (C=O) groups is 1. The van der Waals surface area contributed by atoms with E-state index in [9.17, 15) is 9.59 Å². The Morgan fingerprint density at radius 1 is 1.04 bits per heavy atom. The lowest BCUT2D eigenvalue weighted by molar-refractivity contribution is -0.116. The van der Waals surface area contributed by atoms with Crippen molar-refractivity contribution in [1.29, 1.82) is 0 Å². The van der Waals surface area contributed by atoms with Crippen molar-refractivity contribution in [3.05, 3.63) is 76.6 Å². The van der Waals surface area contributed by atoms with E-state index < -0.39 is 0 Å². The van der Waals surface area contributed by atoms with Gasteiger partial charge in [0.2, 0.25) is 5.91 Å². The minimum absolute atomic E-state index is 0.0753. The van der Waals surface area contributed by atoms with Crippen molar-refractivity contribution >= 4 is 22.5 Å². The molecule has 0 aliphatic heterocycles. The van der Waals surface area contributed by atoms with Crippen molar-refractivity contribution in [2.75, 3.05) is 5.32 Å². The number of benzene rings is 2. The number of pyridine rings is 1. The minimum Gasteiger partial charge on any atom is -0.326 e. The molecule has 2 aromatic carbocycles. The molecule has 0 fully saturated rings. The first-order valence-electron chi connectivity index (χ1n) is 7.59. The van der Waals surface area contributed by atoms with Gasteiger partial charge in [0, 0.05) is 30.1 Å². The van der Waals surface area contributed by atoms with Crippen molar-refractivity contribution in [3.63, 3.8) is 0 Å². The number of amides is 1. The van der Waals surface area contributed by atoms with Gasteiger partial charge in [0.05, 0.1) is 5.52 Å². The number of anilines is 1. The Bertz CT molecular complexity index is 898. The third kappa shape index (κ3) is 3.31. The van der Waals surface area contributed by atoms with E-state index in [1.807, 2.05) is 61.5 Å². The van der Waals surface area contributed by atoms with E-state index in [0.29, 0.717) is 6.54 Å². The number of hydrogen-bond acceptors (Lipinski definition) is 2. The van der Waals surface area contributed by atoms with Gasteiger partial charge in [0.1, 0.15) is 0 Å².